The number of nitrogens with zero attached hydrogens (tertiary/aromatic N) is 3. The number of nitrogens with one attached hydrogen (secondary N) is 1. The average molecular weight is 364 g/mol. The van der Waals surface area contributed by atoms with Crippen molar-refractivity contribution in [3.05, 3.63) is 65.5 Å². The first-order valence-corrected chi connectivity index (χ1v) is 8.43. The van der Waals surface area contributed by atoms with E-state index < -0.39 is 0 Å². The SMILES string of the molecule is Cc1ccc(C)c(NC(=O)CN(C)C(=O)c2ccc(-c3nnco3)cc2)c1. The highest BCUT2D eigenvalue weighted by molar-refractivity contribution is 5.99. The maximum atomic E-state index is 12.5. The lowest BCUT2D eigenvalue weighted by atomic mass is 10.1. The highest BCUT2D eigenvalue weighted by Gasteiger charge is 2.16. The first-order chi connectivity index (χ1) is 12.9. The Morgan fingerprint density at radius 2 is 1.85 bits per heavy atom. The van der Waals surface area contributed by atoms with Crippen molar-refractivity contribution < 1.29 is 14.0 Å². The summed E-state index contributed by atoms with van der Waals surface area (Å²) in [4.78, 5) is 26.2. The summed E-state index contributed by atoms with van der Waals surface area (Å²) < 4.78 is 5.12. The molecule has 0 spiro atoms. The molecule has 3 aromatic rings. The number of carbonyl (C=O) groups excluding carboxylic acids is 2. The molecular formula is C20H20N4O3. The maximum Gasteiger partial charge on any atom is 0.254 e. The zero-order valence-electron chi connectivity index (χ0n) is 15.4. The number of likely N-dealkylation sites (N-methyl/N-ethyl adjacent to an activating group) is 1. The zero-order valence-corrected chi connectivity index (χ0v) is 15.4. The lowest BCUT2D eigenvalue weighted by molar-refractivity contribution is -0.116. The van der Waals surface area contributed by atoms with Gasteiger partial charge in [-0.15, -0.1) is 10.2 Å². The second kappa shape index (κ2) is 7.82. The molecule has 7 heteroatoms. The fraction of sp³-hybridized carbons (Fsp3) is 0.200. The molecule has 1 N–H and O–H groups in total. The molecule has 0 radical (unpaired) electrons. The number of hydrogen-bond acceptors (Lipinski definition) is 5. The Balaban J connectivity index is 1.63. The molecule has 2 amide bonds. The quantitative estimate of drug-likeness (QED) is 0.752. The summed E-state index contributed by atoms with van der Waals surface area (Å²) in [6, 6.07) is 12.6. The Morgan fingerprint density at radius 1 is 1.11 bits per heavy atom. The van der Waals surface area contributed by atoms with Gasteiger partial charge in [0.2, 0.25) is 18.2 Å². The van der Waals surface area contributed by atoms with E-state index in [4.69, 9.17) is 4.42 Å². The Bertz CT molecular complexity index is 950. The highest BCUT2D eigenvalue weighted by Crippen LogP contribution is 2.18. The summed E-state index contributed by atoms with van der Waals surface area (Å²) in [6.45, 7) is 3.84. The molecule has 3 rings (SSSR count). The van der Waals surface area contributed by atoms with Gasteiger partial charge in [0.1, 0.15) is 0 Å². The van der Waals surface area contributed by atoms with Crippen LogP contribution in [0.3, 0.4) is 0 Å². The van der Waals surface area contributed by atoms with Crippen LogP contribution < -0.4 is 5.32 Å². The molecule has 7 nitrogen and oxygen atoms in total. The molecule has 1 aromatic heterocycles. The second-order valence-electron chi connectivity index (χ2n) is 6.35. The number of hydrogen-bond donors (Lipinski definition) is 1. The van der Waals surface area contributed by atoms with E-state index in [0.717, 1.165) is 22.4 Å². The molecule has 27 heavy (non-hydrogen) atoms. The molecule has 1 heterocycles. The number of rotatable bonds is 5. The van der Waals surface area contributed by atoms with Gasteiger partial charge in [0.25, 0.3) is 5.91 Å². The monoisotopic (exact) mass is 364 g/mol. The van der Waals surface area contributed by atoms with Gasteiger partial charge in [-0.25, -0.2) is 0 Å². The fourth-order valence-corrected chi connectivity index (χ4v) is 2.62. The predicted octanol–water partition coefficient (Wildman–Crippen LogP) is 3.06. The first kappa shape index (κ1) is 18.3. The molecule has 0 bridgehead atoms. The van der Waals surface area contributed by atoms with Gasteiger partial charge in [0.15, 0.2) is 0 Å². The normalized spacial score (nSPS) is 10.5. The average Bonchev–Trinajstić information content (AvgIpc) is 3.19. The minimum Gasteiger partial charge on any atom is -0.423 e. The van der Waals surface area contributed by atoms with Crippen molar-refractivity contribution >= 4 is 17.5 Å². The van der Waals surface area contributed by atoms with Gasteiger partial charge in [0, 0.05) is 23.9 Å². The van der Waals surface area contributed by atoms with Crippen LogP contribution in [0.1, 0.15) is 21.5 Å². The van der Waals surface area contributed by atoms with Crippen LogP contribution in [0.25, 0.3) is 11.5 Å². The molecule has 0 atom stereocenters. The van der Waals surface area contributed by atoms with E-state index in [1.807, 2.05) is 32.0 Å². The predicted molar refractivity (Wildman–Crippen MR) is 101 cm³/mol. The van der Waals surface area contributed by atoms with Gasteiger partial charge in [0.05, 0.1) is 6.54 Å². The van der Waals surface area contributed by atoms with Crippen molar-refractivity contribution in [1.82, 2.24) is 15.1 Å². The highest BCUT2D eigenvalue weighted by atomic mass is 16.4. The largest absolute Gasteiger partial charge is 0.423 e. The standard InChI is InChI=1S/C20H20N4O3/c1-13-4-5-14(2)17(10-13)22-18(25)11-24(3)20(26)16-8-6-15(7-9-16)19-23-21-12-27-19/h4-10,12H,11H2,1-3H3,(H,22,25). The Morgan fingerprint density at radius 3 is 2.52 bits per heavy atom. The Labute approximate surface area is 157 Å². The molecular weight excluding hydrogens is 344 g/mol. The number of benzene rings is 2. The number of aryl methyl sites for hydroxylation is 2. The van der Waals surface area contributed by atoms with E-state index in [2.05, 4.69) is 15.5 Å². The van der Waals surface area contributed by atoms with Crippen molar-refractivity contribution in [2.24, 2.45) is 0 Å². The fourth-order valence-electron chi connectivity index (χ4n) is 2.62. The molecule has 0 saturated carbocycles. The van der Waals surface area contributed by atoms with Crippen LogP contribution in [0, 0.1) is 13.8 Å². The van der Waals surface area contributed by atoms with Crippen molar-refractivity contribution in [2.45, 2.75) is 13.8 Å². The van der Waals surface area contributed by atoms with Crippen molar-refractivity contribution in [3.8, 4) is 11.5 Å². The lowest BCUT2D eigenvalue weighted by Crippen LogP contribution is -2.35. The second-order valence-corrected chi connectivity index (χ2v) is 6.35. The van der Waals surface area contributed by atoms with E-state index in [1.165, 1.54) is 11.3 Å². The van der Waals surface area contributed by atoms with Crippen LogP contribution in [-0.4, -0.2) is 40.5 Å². The summed E-state index contributed by atoms with van der Waals surface area (Å²) in [5.41, 5.74) is 3.98. The Kier molecular flexibility index (Phi) is 5.30. The van der Waals surface area contributed by atoms with E-state index in [-0.39, 0.29) is 18.4 Å². The smallest absolute Gasteiger partial charge is 0.254 e. The van der Waals surface area contributed by atoms with Gasteiger partial charge in [-0.2, -0.15) is 0 Å². The van der Waals surface area contributed by atoms with E-state index in [1.54, 1.807) is 31.3 Å². The minimum absolute atomic E-state index is 0.0440. The van der Waals surface area contributed by atoms with Gasteiger partial charge in [-0.1, -0.05) is 12.1 Å². The molecule has 0 fully saturated rings. The minimum atomic E-state index is -0.248. The molecule has 0 aliphatic carbocycles. The van der Waals surface area contributed by atoms with Crippen LogP contribution >= 0.6 is 0 Å². The topological polar surface area (TPSA) is 88.3 Å². The summed E-state index contributed by atoms with van der Waals surface area (Å²) in [5.74, 6) is -0.111. The summed E-state index contributed by atoms with van der Waals surface area (Å²) in [5, 5.41) is 10.3. The van der Waals surface area contributed by atoms with Crippen molar-refractivity contribution in [3.63, 3.8) is 0 Å². The summed E-state index contributed by atoms with van der Waals surface area (Å²) >= 11 is 0. The van der Waals surface area contributed by atoms with Crippen molar-refractivity contribution in [1.29, 1.82) is 0 Å². The van der Waals surface area contributed by atoms with Gasteiger partial charge in [-0.05, 0) is 55.3 Å². The van der Waals surface area contributed by atoms with E-state index in [0.29, 0.717) is 11.5 Å². The molecule has 0 aliphatic heterocycles. The van der Waals surface area contributed by atoms with Crippen LogP contribution in [0.5, 0.6) is 0 Å². The molecule has 138 valence electrons. The molecule has 2 aromatic carbocycles. The number of anilines is 1. The molecule has 0 aliphatic rings. The van der Waals surface area contributed by atoms with Gasteiger partial charge < -0.3 is 14.6 Å². The van der Waals surface area contributed by atoms with Gasteiger partial charge in [-0.3, -0.25) is 9.59 Å². The molecule has 0 saturated heterocycles. The molecule has 0 unspecified atom stereocenters. The van der Waals surface area contributed by atoms with E-state index in [9.17, 15) is 9.59 Å². The maximum absolute atomic E-state index is 12.5. The summed E-state index contributed by atoms with van der Waals surface area (Å²) in [7, 11) is 1.59. The van der Waals surface area contributed by atoms with Crippen LogP contribution in [0.2, 0.25) is 0 Å². The number of amides is 2. The van der Waals surface area contributed by atoms with Crippen LogP contribution in [0.15, 0.2) is 53.3 Å². The Hall–Kier alpha value is -3.48. The lowest BCUT2D eigenvalue weighted by Gasteiger charge is -2.17. The van der Waals surface area contributed by atoms with Gasteiger partial charge >= 0.3 is 0 Å². The number of aromatic nitrogens is 2. The van der Waals surface area contributed by atoms with E-state index >= 15 is 0 Å². The third-order valence-electron chi connectivity index (χ3n) is 4.13. The number of carbonyl (C=O) groups is 2. The third kappa shape index (κ3) is 4.38. The van der Waals surface area contributed by atoms with Crippen LogP contribution in [0.4, 0.5) is 5.69 Å². The summed E-state index contributed by atoms with van der Waals surface area (Å²) in [6.07, 6.45) is 1.25. The zero-order chi connectivity index (χ0) is 19.4. The van der Waals surface area contributed by atoms with Crippen molar-refractivity contribution in [2.75, 3.05) is 18.9 Å². The first-order valence-electron chi connectivity index (χ1n) is 8.43. The third-order valence-corrected chi connectivity index (χ3v) is 4.13. The van der Waals surface area contributed by atoms with Crippen LogP contribution in [-0.2, 0) is 4.79 Å².